The van der Waals surface area contributed by atoms with Gasteiger partial charge in [-0.15, -0.1) is 0 Å². The summed E-state index contributed by atoms with van der Waals surface area (Å²) in [6.07, 6.45) is 0.281. The average Bonchev–Trinajstić information content (AvgIpc) is 3.33. The fourth-order valence-corrected chi connectivity index (χ4v) is 2.90. The van der Waals surface area contributed by atoms with Crippen molar-refractivity contribution in [3.05, 3.63) is 71.3 Å². The summed E-state index contributed by atoms with van der Waals surface area (Å²) < 4.78 is 0. The number of benzene rings is 2. The van der Waals surface area contributed by atoms with Crippen LogP contribution in [0.3, 0.4) is 0 Å². The minimum atomic E-state index is -0.689. The maximum atomic E-state index is 12.0. The zero-order chi connectivity index (χ0) is 16.2. The summed E-state index contributed by atoms with van der Waals surface area (Å²) in [6, 6.07) is 17.8. The minimum absolute atomic E-state index is 0.188. The van der Waals surface area contributed by atoms with E-state index >= 15 is 0 Å². The number of hydrogen-bond donors (Lipinski definition) is 3. The monoisotopic (exact) mass is 310 g/mol. The Balaban J connectivity index is 1.45. The zero-order valence-electron chi connectivity index (χ0n) is 13.2. The van der Waals surface area contributed by atoms with Gasteiger partial charge in [0, 0.05) is 18.5 Å². The molecule has 1 saturated carbocycles. The summed E-state index contributed by atoms with van der Waals surface area (Å²) in [5.41, 5.74) is 3.13. The maximum absolute atomic E-state index is 12.0. The quantitative estimate of drug-likeness (QED) is 0.795. The van der Waals surface area contributed by atoms with Crippen LogP contribution in [0.25, 0.3) is 0 Å². The molecule has 0 bridgehead atoms. The van der Waals surface area contributed by atoms with Gasteiger partial charge in [0.2, 0.25) is 0 Å². The molecule has 3 N–H and O–H groups in total. The summed E-state index contributed by atoms with van der Waals surface area (Å²) in [4.78, 5) is 12.0. The van der Waals surface area contributed by atoms with Crippen molar-refractivity contribution < 1.29 is 9.90 Å². The number of nitrogens with one attached hydrogen (secondary N) is 2. The van der Waals surface area contributed by atoms with Crippen LogP contribution >= 0.6 is 0 Å². The van der Waals surface area contributed by atoms with E-state index in [1.54, 1.807) is 0 Å². The second kappa shape index (κ2) is 6.84. The third-order valence-electron chi connectivity index (χ3n) is 4.34. The Morgan fingerprint density at radius 2 is 1.87 bits per heavy atom. The first-order valence-corrected chi connectivity index (χ1v) is 7.98. The predicted octanol–water partition coefficient (Wildman–Crippen LogP) is 2.88. The molecular formula is C19H22N2O2. The van der Waals surface area contributed by atoms with Crippen LogP contribution in [0.5, 0.6) is 0 Å². The molecule has 4 nitrogen and oxygen atoms in total. The van der Waals surface area contributed by atoms with Crippen LogP contribution in [0.2, 0.25) is 0 Å². The number of hydrogen-bond acceptors (Lipinski definition) is 2. The molecule has 3 unspecified atom stereocenters. The van der Waals surface area contributed by atoms with E-state index in [1.165, 1.54) is 5.56 Å². The summed E-state index contributed by atoms with van der Waals surface area (Å²) in [5, 5.41) is 15.9. The number of aryl methyl sites for hydroxylation is 1. The SMILES string of the molecule is Cc1ccccc1C(O)CNC(=O)NC1CC1c1ccccc1. The van der Waals surface area contributed by atoms with Crippen LogP contribution in [0.4, 0.5) is 4.79 Å². The molecule has 3 atom stereocenters. The van der Waals surface area contributed by atoms with Gasteiger partial charge in [0.1, 0.15) is 0 Å². The van der Waals surface area contributed by atoms with Crippen LogP contribution in [0.1, 0.15) is 35.1 Å². The predicted molar refractivity (Wildman–Crippen MR) is 90.3 cm³/mol. The number of carbonyl (C=O) groups is 1. The fraction of sp³-hybridized carbons (Fsp3) is 0.316. The third-order valence-corrected chi connectivity index (χ3v) is 4.34. The maximum Gasteiger partial charge on any atom is 0.315 e. The van der Waals surface area contributed by atoms with Gasteiger partial charge in [0.15, 0.2) is 0 Å². The van der Waals surface area contributed by atoms with Crippen molar-refractivity contribution in [1.29, 1.82) is 0 Å². The highest BCUT2D eigenvalue weighted by Crippen LogP contribution is 2.40. The van der Waals surface area contributed by atoms with E-state index in [0.29, 0.717) is 5.92 Å². The highest BCUT2D eigenvalue weighted by molar-refractivity contribution is 5.75. The molecule has 1 fully saturated rings. The van der Waals surface area contributed by atoms with Crippen LogP contribution in [0.15, 0.2) is 54.6 Å². The molecule has 3 rings (SSSR count). The van der Waals surface area contributed by atoms with Crippen LogP contribution < -0.4 is 10.6 Å². The normalized spacial score (nSPS) is 20.6. The smallest absolute Gasteiger partial charge is 0.315 e. The lowest BCUT2D eigenvalue weighted by molar-refractivity contribution is 0.172. The van der Waals surface area contributed by atoms with E-state index in [9.17, 15) is 9.90 Å². The number of aliphatic hydroxyl groups is 1. The molecule has 1 aliphatic carbocycles. The Kier molecular flexibility index (Phi) is 4.63. The first-order chi connectivity index (χ1) is 11.1. The van der Waals surface area contributed by atoms with Gasteiger partial charge in [-0.05, 0) is 30.0 Å². The molecule has 0 aromatic heterocycles. The van der Waals surface area contributed by atoms with Gasteiger partial charge >= 0.3 is 6.03 Å². The number of rotatable bonds is 5. The summed E-state index contributed by atoms with van der Waals surface area (Å²) >= 11 is 0. The average molecular weight is 310 g/mol. The number of urea groups is 1. The topological polar surface area (TPSA) is 61.4 Å². The van der Waals surface area contributed by atoms with Crippen LogP contribution in [0, 0.1) is 6.92 Å². The molecule has 0 aliphatic heterocycles. The first kappa shape index (κ1) is 15.6. The molecule has 0 spiro atoms. The Morgan fingerprint density at radius 1 is 1.17 bits per heavy atom. The molecule has 0 radical (unpaired) electrons. The molecule has 4 heteroatoms. The van der Waals surface area contributed by atoms with Crippen LogP contribution in [-0.2, 0) is 0 Å². The Morgan fingerprint density at radius 3 is 2.61 bits per heavy atom. The molecule has 2 aromatic rings. The van der Waals surface area contributed by atoms with Gasteiger partial charge in [-0.3, -0.25) is 0 Å². The number of carbonyl (C=O) groups excluding carboxylic acids is 1. The van der Waals surface area contributed by atoms with Gasteiger partial charge in [0.25, 0.3) is 0 Å². The lowest BCUT2D eigenvalue weighted by Gasteiger charge is -2.15. The second-order valence-corrected chi connectivity index (χ2v) is 6.09. The lowest BCUT2D eigenvalue weighted by atomic mass is 10.0. The second-order valence-electron chi connectivity index (χ2n) is 6.09. The molecule has 23 heavy (non-hydrogen) atoms. The Hall–Kier alpha value is -2.33. The van der Waals surface area contributed by atoms with Crippen molar-refractivity contribution in [3.63, 3.8) is 0 Å². The van der Waals surface area contributed by atoms with Crippen molar-refractivity contribution >= 4 is 6.03 Å². The summed E-state index contributed by atoms with van der Waals surface area (Å²) in [5.74, 6) is 0.406. The standard InChI is InChI=1S/C19H22N2O2/c1-13-7-5-6-10-15(13)18(22)12-20-19(23)21-17-11-16(17)14-8-3-2-4-9-14/h2-10,16-18,22H,11-12H2,1H3,(H2,20,21,23). The van der Waals surface area contributed by atoms with Crippen molar-refractivity contribution in [2.24, 2.45) is 0 Å². The van der Waals surface area contributed by atoms with E-state index in [2.05, 4.69) is 22.8 Å². The third kappa shape index (κ3) is 3.90. The van der Waals surface area contributed by atoms with E-state index in [1.807, 2.05) is 49.4 Å². The Labute approximate surface area is 136 Å². The largest absolute Gasteiger partial charge is 0.387 e. The molecule has 2 amide bonds. The van der Waals surface area contributed by atoms with Crippen LogP contribution in [-0.4, -0.2) is 23.7 Å². The van der Waals surface area contributed by atoms with Gasteiger partial charge in [-0.25, -0.2) is 4.79 Å². The Bertz CT molecular complexity index is 672. The van der Waals surface area contributed by atoms with E-state index < -0.39 is 6.10 Å². The van der Waals surface area contributed by atoms with E-state index in [0.717, 1.165) is 17.5 Å². The lowest BCUT2D eigenvalue weighted by Crippen LogP contribution is -2.39. The van der Waals surface area contributed by atoms with E-state index in [-0.39, 0.29) is 18.6 Å². The zero-order valence-corrected chi connectivity index (χ0v) is 13.2. The van der Waals surface area contributed by atoms with Crippen molar-refractivity contribution in [2.45, 2.75) is 31.4 Å². The van der Waals surface area contributed by atoms with Gasteiger partial charge in [0.05, 0.1) is 6.10 Å². The molecule has 0 saturated heterocycles. The highest BCUT2D eigenvalue weighted by Gasteiger charge is 2.39. The fourth-order valence-electron chi connectivity index (χ4n) is 2.90. The molecule has 120 valence electrons. The minimum Gasteiger partial charge on any atom is -0.387 e. The van der Waals surface area contributed by atoms with Gasteiger partial charge in [-0.2, -0.15) is 0 Å². The van der Waals surface area contributed by atoms with Gasteiger partial charge < -0.3 is 15.7 Å². The molecule has 0 heterocycles. The van der Waals surface area contributed by atoms with Crippen molar-refractivity contribution in [2.75, 3.05) is 6.54 Å². The molecule has 1 aliphatic rings. The van der Waals surface area contributed by atoms with Gasteiger partial charge in [-0.1, -0.05) is 54.6 Å². The van der Waals surface area contributed by atoms with Crippen molar-refractivity contribution in [3.8, 4) is 0 Å². The number of aliphatic hydroxyl groups excluding tert-OH is 1. The molecular weight excluding hydrogens is 288 g/mol. The highest BCUT2D eigenvalue weighted by atomic mass is 16.3. The molecule has 2 aromatic carbocycles. The van der Waals surface area contributed by atoms with Crippen molar-refractivity contribution in [1.82, 2.24) is 10.6 Å². The van der Waals surface area contributed by atoms with E-state index in [4.69, 9.17) is 0 Å². The number of amides is 2. The summed E-state index contributed by atoms with van der Waals surface area (Å²) in [6.45, 7) is 2.16. The first-order valence-electron chi connectivity index (χ1n) is 7.98. The summed E-state index contributed by atoms with van der Waals surface area (Å²) in [7, 11) is 0.